The molecule has 0 radical (unpaired) electrons. The first kappa shape index (κ1) is 11.3. The first-order valence-electron chi connectivity index (χ1n) is 5.57. The molecule has 5 nitrogen and oxygen atoms in total. The molecule has 0 aliphatic rings. The standard InChI is InChI=1S/C12H13N5S/c1-17-4-2-10(16-17)12(15-13)8-6-11-9(14-7-8)3-5-18-11/h2-7,12,15H,13H2,1H3. The van der Waals surface area contributed by atoms with Crippen molar-refractivity contribution in [3.8, 4) is 0 Å². The molecule has 0 spiro atoms. The number of aryl methyl sites for hydroxylation is 1. The number of aromatic nitrogens is 3. The van der Waals surface area contributed by atoms with E-state index in [1.807, 2.05) is 37.0 Å². The molecule has 0 amide bonds. The van der Waals surface area contributed by atoms with Gasteiger partial charge in [0.05, 0.1) is 22.0 Å². The highest BCUT2D eigenvalue weighted by atomic mass is 32.1. The summed E-state index contributed by atoms with van der Waals surface area (Å²) in [4.78, 5) is 4.42. The van der Waals surface area contributed by atoms with Crippen LogP contribution in [-0.4, -0.2) is 14.8 Å². The summed E-state index contributed by atoms with van der Waals surface area (Å²) in [6, 6.07) is 5.93. The largest absolute Gasteiger partial charge is 0.275 e. The van der Waals surface area contributed by atoms with Gasteiger partial charge in [0.25, 0.3) is 0 Å². The van der Waals surface area contributed by atoms with Crippen molar-refractivity contribution in [2.24, 2.45) is 12.9 Å². The predicted molar refractivity (Wildman–Crippen MR) is 72.0 cm³/mol. The quantitative estimate of drug-likeness (QED) is 0.553. The fourth-order valence-electron chi connectivity index (χ4n) is 1.96. The Balaban J connectivity index is 2.04. The third kappa shape index (κ3) is 1.90. The van der Waals surface area contributed by atoms with Gasteiger partial charge in [0.15, 0.2) is 0 Å². The summed E-state index contributed by atoms with van der Waals surface area (Å²) in [5.41, 5.74) is 5.71. The minimum atomic E-state index is -0.134. The fourth-order valence-corrected chi connectivity index (χ4v) is 2.75. The second kappa shape index (κ2) is 4.49. The summed E-state index contributed by atoms with van der Waals surface area (Å²) in [5.74, 6) is 5.64. The minimum Gasteiger partial charge on any atom is -0.275 e. The first-order valence-corrected chi connectivity index (χ1v) is 6.45. The summed E-state index contributed by atoms with van der Waals surface area (Å²) >= 11 is 1.67. The highest BCUT2D eigenvalue weighted by molar-refractivity contribution is 7.17. The van der Waals surface area contributed by atoms with Crippen LogP contribution in [0, 0.1) is 0 Å². The molecular weight excluding hydrogens is 246 g/mol. The molecule has 6 heteroatoms. The van der Waals surface area contributed by atoms with Gasteiger partial charge in [-0.25, -0.2) is 5.43 Å². The van der Waals surface area contributed by atoms with Gasteiger partial charge in [-0.2, -0.15) is 5.10 Å². The van der Waals surface area contributed by atoms with E-state index in [0.717, 1.165) is 21.5 Å². The molecule has 0 saturated heterocycles. The molecule has 0 fully saturated rings. The van der Waals surface area contributed by atoms with E-state index in [9.17, 15) is 0 Å². The number of nitrogens with two attached hydrogens (primary N) is 1. The number of rotatable bonds is 3. The molecule has 1 atom stereocenters. The number of hydrogen-bond donors (Lipinski definition) is 2. The Kier molecular flexibility index (Phi) is 2.83. The van der Waals surface area contributed by atoms with Crippen molar-refractivity contribution >= 4 is 21.6 Å². The third-order valence-corrected chi connectivity index (χ3v) is 3.71. The Hall–Kier alpha value is -1.76. The van der Waals surface area contributed by atoms with Crippen molar-refractivity contribution in [1.82, 2.24) is 20.2 Å². The summed E-state index contributed by atoms with van der Waals surface area (Å²) in [5, 5.41) is 6.41. The SMILES string of the molecule is Cn1ccc(C(NN)c2cnc3ccsc3c2)n1. The fraction of sp³-hybridized carbons (Fsp3) is 0.167. The minimum absolute atomic E-state index is 0.134. The Morgan fingerprint density at radius 2 is 2.33 bits per heavy atom. The molecule has 18 heavy (non-hydrogen) atoms. The lowest BCUT2D eigenvalue weighted by Gasteiger charge is -2.13. The molecule has 0 bridgehead atoms. The molecular formula is C12H13N5S. The van der Waals surface area contributed by atoms with E-state index in [1.54, 1.807) is 16.0 Å². The number of thiophene rings is 1. The zero-order valence-electron chi connectivity index (χ0n) is 9.87. The monoisotopic (exact) mass is 259 g/mol. The van der Waals surface area contributed by atoms with E-state index in [0.29, 0.717) is 0 Å². The smallest absolute Gasteiger partial charge is 0.0915 e. The third-order valence-electron chi connectivity index (χ3n) is 2.85. The second-order valence-corrected chi connectivity index (χ2v) is 5.03. The maximum atomic E-state index is 5.64. The van der Waals surface area contributed by atoms with E-state index in [-0.39, 0.29) is 6.04 Å². The molecule has 0 aromatic carbocycles. The number of nitrogens with zero attached hydrogens (tertiary/aromatic N) is 3. The van der Waals surface area contributed by atoms with Crippen LogP contribution in [0.15, 0.2) is 36.0 Å². The van der Waals surface area contributed by atoms with Gasteiger partial charge in [-0.15, -0.1) is 11.3 Å². The average Bonchev–Trinajstić information content (AvgIpc) is 2.99. The molecule has 3 rings (SSSR count). The van der Waals surface area contributed by atoms with Crippen molar-refractivity contribution in [2.75, 3.05) is 0 Å². The van der Waals surface area contributed by atoms with Crippen molar-refractivity contribution in [1.29, 1.82) is 0 Å². The number of pyridine rings is 1. The second-order valence-electron chi connectivity index (χ2n) is 4.09. The molecule has 3 N–H and O–H groups in total. The van der Waals surface area contributed by atoms with E-state index >= 15 is 0 Å². The molecule has 3 aromatic heterocycles. The molecule has 0 aliphatic carbocycles. The number of hydrazine groups is 1. The summed E-state index contributed by atoms with van der Waals surface area (Å²) in [7, 11) is 1.89. The van der Waals surface area contributed by atoms with Crippen LogP contribution in [0.2, 0.25) is 0 Å². The van der Waals surface area contributed by atoms with Gasteiger partial charge in [-0.3, -0.25) is 15.5 Å². The van der Waals surface area contributed by atoms with Gasteiger partial charge in [0.2, 0.25) is 0 Å². The van der Waals surface area contributed by atoms with Gasteiger partial charge in [-0.05, 0) is 29.1 Å². The highest BCUT2D eigenvalue weighted by Crippen LogP contribution is 2.25. The van der Waals surface area contributed by atoms with Crippen LogP contribution in [0.5, 0.6) is 0 Å². The van der Waals surface area contributed by atoms with E-state index in [1.165, 1.54) is 0 Å². The first-order chi connectivity index (χ1) is 8.78. The van der Waals surface area contributed by atoms with Gasteiger partial charge >= 0.3 is 0 Å². The number of fused-ring (bicyclic) bond motifs is 1. The molecule has 92 valence electrons. The van der Waals surface area contributed by atoms with Gasteiger partial charge in [0, 0.05) is 19.4 Å². The van der Waals surface area contributed by atoms with Gasteiger partial charge in [-0.1, -0.05) is 0 Å². The van der Waals surface area contributed by atoms with Crippen molar-refractivity contribution < 1.29 is 0 Å². The lowest BCUT2D eigenvalue weighted by molar-refractivity contribution is 0.603. The molecule has 1 unspecified atom stereocenters. The average molecular weight is 259 g/mol. The van der Waals surface area contributed by atoms with Crippen LogP contribution < -0.4 is 11.3 Å². The van der Waals surface area contributed by atoms with Crippen LogP contribution in [0.4, 0.5) is 0 Å². The van der Waals surface area contributed by atoms with Crippen LogP contribution >= 0.6 is 11.3 Å². The topological polar surface area (TPSA) is 68.8 Å². The zero-order chi connectivity index (χ0) is 12.5. The molecule has 3 heterocycles. The number of hydrogen-bond acceptors (Lipinski definition) is 5. The van der Waals surface area contributed by atoms with E-state index in [4.69, 9.17) is 5.84 Å². The lowest BCUT2D eigenvalue weighted by Crippen LogP contribution is -2.29. The molecule has 3 aromatic rings. The van der Waals surface area contributed by atoms with Crippen LogP contribution in [0.3, 0.4) is 0 Å². The maximum absolute atomic E-state index is 5.64. The van der Waals surface area contributed by atoms with Crippen molar-refractivity contribution in [3.63, 3.8) is 0 Å². The van der Waals surface area contributed by atoms with E-state index < -0.39 is 0 Å². The Morgan fingerprint density at radius 3 is 3.06 bits per heavy atom. The van der Waals surface area contributed by atoms with Crippen LogP contribution in [-0.2, 0) is 7.05 Å². The van der Waals surface area contributed by atoms with Gasteiger partial charge in [0.1, 0.15) is 0 Å². The van der Waals surface area contributed by atoms with Crippen LogP contribution in [0.25, 0.3) is 10.2 Å². The van der Waals surface area contributed by atoms with Crippen molar-refractivity contribution in [3.05, 3.63) is 47.2 Å². The molecule has 0 saturated carbocycles. The highest BCUT2D eigenvalue weighted by Gasteiger charge is 2.16. The Bertz CT molecular complexity index is 672. The summed E-state index contributed by atoms with van der Waals surface area (Å²) in [6.07, 6.45) is 3.74. The Morgan fingerprint density at radius 1 is 1.44 bits per heavy atom. The lowest BCUT2D eigenvalue weighted by atomic mass is 10.1. The number of nitrogens with one attached hydrogen (secondary N) is 1. The van der Waals surface area contributed by atoms with Crippen molar-refractivity contribution in [2.45, 2.75) is 6.04 Å². The molecule has 0 aliphatic heterocycles. The zero-order valence-corrected chi connectivity index (χ0v) is 10.7. The normalized spacial score (nSPS) is 13.0. The van der Waals surface area contributed by atoms with E-state index in [2.05, 4.69) is 21.6 Å². The van der Waals surface area contributed by atoms with Gasteiger partial charge < -0.3 is 0 Å². The summed E-state index contributed by atoms with van der Waals surface area (Å²) in [6.45, 7) is 0. The maximum Gasteiger partial charge on any atom is 0.0915 e. The summed E-state index contributed by atoms with van der Waals surface area (Å²) < 4.78 is 2.92. The van der Waals surface area contributed by atoms with Crippen LogP contribution in [0.1, 0.15) is 17.3 Å². The predicted octanol–water partition coefficient (Wildman–Crippen LogP) is 1.58. The Labute approximate surface area is 108 Å².